The summed E-state index contributed by atoms with van der Waals surface area (Å²) in [6.45, 7) is 4.86. The smallest absolute Gasteiger partial charge is 0.222 e. The van der Waals surface area contributed by atoms with E-state index in [0.717, 1.165) is 39.2 Å². The Kier molecular flexibility index (Phi) is 4.45. The van der Waals surface area contributed by atoms with Crippen LogP contribution in [0.15, 0.2) is 48.8 Å². The molecule has 2 aliphatic heterocycles. The second kappa shape index (κ2) is 6.87. The Hall–Kier alpha value is -1.98. The summed E-state index contributed by atoms with van der Waals surface area (Å²) < 4.78 is 6.25. The maximum absolute atomic E-state index is 6.25. The predicted octanol–water partition coefficient (Wildman–Crippen LogP) is 2.57. The van der Waals surface area contributed by atoms with E-state index in [1.165, 1.54) is 12.0 Å². The highest BCUT2D eigenvalue weighted by molar-refractivity contribution is 5.22. The average Bonchev–Trinajstić information content (AvgIpc) is 2.62. The van der Waals surface area contributed by atoms with Gasteiger partial charge in [0.2, 0.25) is 5.95 Å². The first-order chi connectivity index (χ1) is 11.8. The molecule has 0 bridgehead atoms. The topological polar surface area (TPSA) is 50.3 Å². The van der Waals surface area contributed by atoms with Crippen LogP contribution in [-0.2, 0) is 11.3 Å². The van der Waals surface area contributed by atoms with Gasteiger partial charge in [0.25, 0.3) is 0 Å². The standard InChI is InChI=1S/C19H24N4O/c1-2-5-16(6-3-1)12-23-14-19(15-23)8-7-17(13-24-19)11-22-18-20-9-4-10-21-18/h1-6,9-10,17H,7-8,11-15H2,(H,20,21,22). The first-order valence-electron chi connectivity index (χ1n) is 8.72. The Morgan fingerprint density at radius 1 is 1.12 bits per heavy atom. The van der Waals surface area contributed by atoms with Crippen molar-refractivity contribution in [2.24, 2.45) is 5.92 Å². The van der Waals surface area contributed by atoms with E-state index in [0.29, 0.717) is 11.9 Å². The number of hydrogen-bond acceptors (Lipinski definition) is 5. The van der Waals surface area contributed by atoms with Crippen LogP contribution in [0.25, 0.3) is 0 Å². The van der Waals surface area contributed by atoms with Gasteiger partial charge in [0.05, 0.1) is 12.2 Å². The van der Waals surface area contributed by atoms with Crippen LogP contribution in [0.2, 0.25) is 0 Å². The van der Waals surface area contributed by atoms with Gasteiger partial charge in [0.15, 0.2) is 0 Å². The van der Waals surface area contributed by atoms with Gasteiger partial charge in [-0.05, 0) is 30.4 Å². The van der Waals surface area contributed by atoms with Crippen molar-refractivity contribution in [3.05, 3.63) is 54.4 Å². The number of anilines is 1. The van der Waals surface area contributed by atoms with Crippen LogP contribution in [0.3, 0.4) is 0 Å². The molecule has 0 amide bonds. The molecule has 0 radical (unpaired) electrons. The highest BCUT2D eigenvalue weighted by Crippen LogP contribution is 2.36. The molecule has 2 aromatic rings. The molecule has 2 fully saturated rings. The molecule has 5 nitrogen and oxygen atoms in total. The van der Waals surface area contributed by atoms with Crippen molar-refractivity contribution in [2.45, 2.75) is 25.0 Å². The predicted molar refractivity (Wildman–Crippen MR) is 93.6 cm³/mol. The van der Waals surface area contributed by atoms with Gasteiger partial charge in [0.1, 0.15) is 0 Å². The molecule has 2 saturated heterocycles. The third-order valence-corrected chi connectivity index (χ3v) is 5.02. The summed E-state index contributed by atoms with van der Waals surface area (Å²) in [5.41, 5.74) is 1.49. The number of nitrogens with zero attached hydrogens (tertiary/aromatic N) is 3. The van der Waals surface area contributed by atoms with Gasteiger partial charge in [-0.2, -0.15) is 0 Å². The molecule has 4 rings (SSSR count). The fourth-order valence-electron chi connectivity index (χ4n) is 3.68. The van der Waals surface area contributed by atoms with E-state index in [1.54, 1.807) is 12.4 Å². The van der Waals surface area contributed by atoms with Crippen LogP contribution in [0.1, 0.15) is 18.4 Å². The van der Waals surface area contributed by atoms with Gasteiger partial charge in [-0.15, -0.1) is 0 Å². The number of aromatic nitrogens is 2. The number of benzene rings is 1. The third-order valence-electron chi connectivity index (χ3n) is 5.02. The molecule has 5 heteroatoms. The van der Waals surface area contributed by atoms with Gasteiger partial charge in [0, 0.05) is 38.6 Å². The van der Waals surface area contributed by atoms with E-state index in [2.05, 4.69) is 50.5 Å². The second-order valence-electron chi connectivity index (χ2n) is 6.98. The molecule has 3 heterocycles. The van der Waals surface area contributed by atoms with Crippen molar-refractivity contribution < 1.29 is 4.74 Å². The Morgan fingerprint density at radius 3 is 2.62 bits per heavy atom. The normalized spacial score (nSPS) is 22.9. The van der Waals surface area contributed by atoms with Crippen LogP contribution in [-0.4, -0.2) is 46.7 Å². The van der Waals surface area contributed by atoms with Crippen molar-refractivity contribution in [2.75, 3.05) is 31.6 Å². The van der Waals surface area contributed by atoms with Crippen molar-refractivity contribution >= 4 is 5.95 Å². The van der Waals surface area contributed by atoms with Gasteiger partial charge in [-0.25, -0.2) is 9.97 Å². The molecule has 0 saturated carbocycles. The molecule has 2 aliphatic rings. The van der Waals surface area contributed by atoms with E-state index in [9.17, 15) is 0 Å². The Labute approximate surface area is 143 Å². The van der Waals surface area contributed by atoms with Crippen LogP contribution >= 0.6 is 0 Å². The molecule has 1 unspecified atom stereocenters. The maximum Gasteiger partial charge on any atom is 0.222 e. The van der Waals surface area contributed by atoms with Crippen LogP contribution in [0.4, 0.5) is 5.95 Å². The first-order valence-corrected chi connectivity index (χ1v) is 8.72. The van der Waals surface area contributed by atoms with E-state index >= 15 is 0 Å². The van der Waals surface area contributed by atoms with Crippen molar-refractivity contribution in [1.29, 1.82) is 0 Å². The number of rotatable bonds is 5. The minimum Gasteiger partial charge on any atom is -0.372 e. The zero-order valence-corrected chi connectivity index (χ0v) is 13.9. The Balaban J connectivity index is 1.20. The minimum absolute atomic E-state index is 0.106. The summed E-state index contributed by atoms with van der Waals surface area (Å²) in [6, 6.07) is 12.5. The summed E-state index contributed by atoms with van der Waals surface area (Å²) in [5.74, 6) is 1.25. The highest BCUT2D eigenvalue weighted by atomic mass is 16.5. The zero-order chi connectivity index (χ0) is 16.2. The summed E-state index contributed by atoms with van der Waals surface area (Å²) in [6.07, 6.45) is 5.88. The zero-order valence-electron chi connectivity index (χ0n) is 13.9. The number of hydrogen-bond donors (Lipinski definition) is 1. The minimum atomic E-state index is 0.106. The Morgan fingerprint density at radius 2 is 1.92 bits per heavy atom. The van der Waals surface area contributed by atoms with Crippen molar-refractivity contribution in [1.82, 2.24) is 14.9 Å². The molecule has 1 aromatic heterocycles. The lowest BCUT2D eigenvalue weighted by molar-refractivity contribution is -0.180. The summed E-state index contributed by atoms with van der Waals surface area (Å²) in [7, 11) is 0. The number of nitrogens with one attached hydrogen (secondary N) is 1. The lowest BCUT2D eigenvalue weighted by atomic mass is 9.82. The molecule has 1 aromatic carbocycles. The molecular weight excluding hydrogens is 300 g/mol. The molecule has 1 spiro atoms. The van der Waals surface area contributed by atoms with E-state index < -0.39 is 0 Å². The highest BCUT2D eigenvalue weighted by Gasteiger charge is 2.46. The van der Waals surface area contributed by atoms with Crippen LogP contribution < -0.4 is 5.32 Å². The molecule has 1 atom stereocenters. The maximum atomic E-state index is 6.25. The molecule has 1 N–H and O–H groups in total. The monoisotopic (exact) mass is 324 g/mol. The Bertz CT molecular complexity index is 633. The van der Waals surface area contributed by atoms with Crippen LogP contribution in [0.5, 0.6) is 0 Å². The SMILES string of the molecule is c1ccc(CN2CC3(CCC(CNc4ncccn4)CO3)C2)cc1. The molecule has 0 aliphatic carbocycles. The lowest BCUT2D eigenvalue weighted by Gasteiger charge is -2.53. The molecule has 126 valence electrons. The number of likely N-dealkylation sites (tertiary alicyclic amines) is 1. The lowest BCUT2D eigenvalue weighted by Crippen LogP contribution is -2.64. The fourth-order valence-corrected chi connectivity index (χ4v) is 3.68. The largest absolute Gasteiger partial charge is 0.372 e. The quantitative estimate of drug-likeness (QED) is 0.916. The molecular formula is C19H24N4O. The van der Waals surface area contributed by atoms with Crippen molar-refractivity contribution in [3.8, 4) is 0 Å². The van der Waals surface area contributed by atoms with Gasteiger partial charge < -0.3 is 10.1 Å². The van der Waals surface area contributed by atoms with Crippen molar-refractivity contribution in [3.63, 3.8) is 0 Å². The van der Waals surface area contributed by atoms with Gasteiger partial charge in [-0.1, -0.05) is 30.3 Å². The van der Waals surface area contributed by atoms with E-state index in [4.69, 9.17) is 4.74 Å². The summed E-state index contributed by atoms with van der Waals surface area (Å²) in [4.78, 5) is 10.9. The first kappa shape index (κ1) is 15.5. The third kappa shape index (κ3) is 3.57. The fraction of sp³-hybridized carbons (Fsp3) is 0.474. The molecule has 24 heavy (non-hydrogen) atoms. The van der Waals surface area contributed by atoms with E-state index in [1.807, 2.05) is 6.07 Å². The summed E-state index contributed by atoms with van der Waals surface area (Å²) >= 11 is 0. The average molecular weight is 324 g/mol. The van der Waals surface area contributed by atoms with Crippen LogP contribution in [0, 0.1) is 5.92 Å². The second-order valence-corrected chi connectivity index (χ2v) is 6.98. The van der Waals surface area contributed by atoms with Gasteiger partial charge >= 0.3 is 0 Å². The van der Waals surface area contributed by atoms with E-state index in [-0.39, 0.29) is 5.60 Å². The number of ether oxygens (including phenoxy) is 1. The summed E-state index contributed by atoms with van der Waals surface area (Å²) in [5, 5.41) is 3.31. The van der Waals surface area contributed by atoms with Gasteiger partial charge in [-0.3, -0.25) is 4.90 Å².